The minimum absolute atomic E-state index is 0.0913. The van der Waals surface area contributed by atoms with Crippen LogP contribution in [0.3, 0.4) is 0 Å². The summed E-state index contributed by atoms with van der Waals surface area (Å²) in [6.07, 6.45) is 1.47. The fourth-order valence-corrected chi connectivity index (χ4v) is 4.27. The number of ether oxygens (including phenoxy) is 2. The van der Waals surface area contributed by atoms with Crippen molar-refractivity contribution in [3.8, 4) is 17.2 Å². The van der Waals surface area contributed by atoms with Gasteiger partial charge in [-0.2, -0.15) is 9.78 Å². The highest BCUT2D eigenvalue weighted by Crippen LogP contribution is 2.30. The van der Waals surface area contributed by atoms with Crippen molar-refractivity contribution in [2.24, 2.45) is 0 Å². The number of anilines is 2. The van der Waals surface area contributed by atoms with E-state index in [1.807, 2.05) is 25.1 Å². The van der Waals surface area contributed by atoms with Crippen LogP contribution in [0.4, 0.5) is 11.4 Å². The number of aromatic nitrogens is 2. The third-order valence-corrected chi connectivity index (χ3v) is 6.24. The molecule has 2 heterocycles. The van der Waals surface area contributed by atoms with Crippen LogP contribution in [0.5, 0.6) is 11.5 Å². The maximum atomic E-state index is 13.7. The monoisotopic (exact) mass is 516 g/mol. The van der Waals surface area contributed by atoms with Crippen molar-refractivity contribution < 1.29 is 14.3 Å². The molecule has 1 aromatic heterocycles. The molecule has 4 aromatic rings. The topological polar surface area (TPSA) is 85.7 Å². The molecule has 3 aromatic carbocycles. The number of halogens is 1. The number of para-hydroxylation sites is 1. The molecule has 0 radical (unpaired) electrons. The molecule has 0 spiro atoms. The Labute approximate surface area is 219 Å². The van der Waals surface area contributed by atoms with E-state index in [1.54, 1.807) is 59.5 Å². The van der Waals surface area contributed by atoms with E-state index in [2.05, 4.69) is 10.4 Å². The van der Waals surface area contributed by atoms with E-state index < -0.39 is 5.56 Å². The number of morpholine rings is 1. The molecule has 1 N–H and O–H groups in total. The lowest BCUT2D eigenvalue weighted by molar-refractivity contribution is 0.0303. The Morgan fingerprint density at radius 1 is 1.03 bits per heavy atom. The number of benzene rings is 3. The van der Waals surface area contributed by atoms with Gasteiger partial charge in [-0.15, -0.1) is 0 Å². The number of nitrogens with one attached hydrogen (secondary N) is 1. The van der Waals surface area contributed by atoms with E-state index in [0.717, 1.165) is 5.56 Å². The van der Waals surface area contributed by atoms with E-state index in [9.17, 15) is 9.59 Å². The zero-order valence-corrected chi connectivity index (χ0v) is 20.9. The molecule has 1 saturated heterocycles. The van der Waals surface area contributed by atoms with Gasteiger partial charge in [0.1, 0.15) is 5.75 Å². The van der Waals surface area contributed by atoms with Gasteiger partial charge in [0.25, 0.3) is 11.5 Å². The van der Waals surface area contributed by atoms with Crippen LogP contribution in [0, 0.1) is 6.92 Å². The minimum Gasteiger partial charge on any atom is -0.453 e. The predicted molar refractivity (Wildman–Crippen MR) is 143 cm³/mol. The van der Waals surface area contributed by atoms with Crippen molar-refractivity contribution in [3.05, 3.63) is 105 Å². The average Bonchev–Trinajstić information content (AvgIpc) is 2.92. The number of amides is 1. The molecule has 1 amide bonds. The highest BCUT2D eigenvalue weighted by Gasteiger charge is 2.20. The third kappa shape index (κ3) is 5.50. The molecular formula is C28H25ClN4O4. The van der Waals surface area contributed by atoms with Crippen LogP contribution in [0.1, 0.15) is 15.9 Å². The molecule has 0 unspecified atom stereocenters. The molecule has 1 aliphatic heterocycles. The molecule has 8 nitrogen and oxygen atoms in total. The van der Waals surface area contributed by atoms with E-state index >= 15 is 0 Å². The van der Waals surface area contributed by atoms with Gasteiger partial charge in [0.05, 0.1) is 30.1 Å². The quantitative estimate of drug-likeness (QED) is 0.379. The molecular weight excluding hydrogens is 492 g/mol. The van der Waals surface area contributed by atoms with Crippen LogP contribution in [-0.4, -0.2) is 46.9 Å². The number of carbonyl (C=O) groups excluding carboxylic acids is 1. The van der Waals surface area contributed by atoms with E-state index in [-0.39, 0.29) is 17.3 Å². The van der Waals surface area contributed by atoms with Crippen LogP contribution < -0.4 is 15.6 Å². The van der Waals surface area contributed by atoms with Crippen molar-refractivity contribution >= 4 is 28.9 Å². The first-order valence-corrected chi connectivity index (χ1v) is 12.2. The second-order valence-electron chi connectivity index (χ2n) is 8.58. The predicted octanol–water partition coefficient (Wildman–Crippen LogP) is 5.20. The smallest absolute Gasteiger partial charge is 0.299 e. The standard InChI is InChI=1S/C28H25ClN4O4/c1-19-6-4-9-22(16-19)37-25-18-30-33(24-11-3-2-10-23(24)29)28(35)26(25)31-21-8-5-7-20(17-21)27(34)32-12-14-36-15-13-32/h2-11,16-18,31H,12-15H2,1H3. The fourth-order valence-electron chi connectivity index (χ4n) is 4.06. The number of aryl methyl sites for hydroxylation is 1. The summed E-state index contributed by atoms with van der Waals surface area (Å²) in [6.45, 7) is 4.07. The fraction of sp³-hybridized carbons (Fsp3) is 0.179. The Bertz CT molecular complexity index is 1500. The highest BCUT2D eigenvalue weighted by molar-refractivity contribution is 6.32. The number of rotatable bonds is 6. The van der Waals surface area contributed by atoms with Crippen molar-refractivity contribution in [2.75, 3.05) is 31.6 Å². The lowest BCUT2D eigenvalue weighted by Crippen LogP contribution is -2.40. The van der Waals surface area contributed by atoms with Crippen LogP contribution in [0.2, 0.25) is 5.02 Å². The van der Waals surface area contributed by atoms with Crippen LogP contribution in [0.15, 0.2) is 83.8 Å². The van der Waals surface area contributed by atoms with Crippen LogP contribution in [-0.2, 0) is 4.74 Å². The summed E-state index contributed by atoms with van der Waals surface area (Å²) in [6, 6.07) is 21.5. The number of hydrogen-bond acceptors (Lipinski definition) is 6. The number of carbonyl (C=O) groups is 1. The van der Waals surface area contributed by atoms with Crippen LogP contribution >= 0.6 is 11.6 Å². The Balaban J connectivity index is 1.54. The zero-order chi connectivity index (χ0) is 25.8. The number of hydrogen-bond donors (Lipinski definition) is 1. The average molecular weight is 517 g/mol. The zero-order valence-electron chi connectivity index (χ0n) is 20.2. The van der Waals surface area contributed by atoms with Crippen molar-refractivity contribution in [1.29, 1.82) is 0 Å². The van der Waals surface area contributed by atoms with Crippen molar-refractivity contribution in [3.63, 3.8) is 0 Å². The van der Waals surface area contributed by atoms with E-state index in [4.69, 9.17) is 21.1 Å². The lowest BCUT2D eigenvalue weighted by atomic mass is 10.1. The molecule has 37 heavy (non-hydrogen) atoms. The summed E-state index contributed by atoms with van der Waals surface area (Å²) in [5.41, 5.74) is 2.22. The molecule has 0 aliphatic carbocycles. The van der Waals surface area contributed by atoms with Gasteiger partial charge in [0.2, 0.25) is 0 Å². The first-order valence-electron chi connectivity index (χ1n) is 11.9. The minimum atomic E-state index is -0.455. The Morgan fingerprint density at radius 3 is 2.59 bits per heavy atom. The largest absolute Gasteiger partial charge is 0.453 e. The highest BCUT2D eigenvalue weighted by atomic mass is 35.5. The van der Waals surface area contributed by atoms with E-state index in [1.165, 1.54) is 10.9 Å². The van der Waals surface area contributed by atoms with Crippen LogP contribution in [0.25, 0.3) is 5.69 Å². The normalized spacial score (nSPS) is 13.3. The van der Waals surface area contributed by atoms with Gasteiger partial charge in [-0.25, -0.2) is 0 Å². The molecule has 0 atom stereocenters. The van der Waals surface area contributed by atoms with Crippen molar-refractivity contribution in [1.82, 2.24) is 14.7 Å². The second kappa shape index (κ2) is 10.9. The van der Waals surface area contributed by atoms with Crippen molar-refractivity contribution in [2.45, 2.75) is 6.92 Å². The number of nitrogens with zero attached hydrogens (tertiary/aromatic N) is 3. The maximum absolute atomic E-state index is 13.7. The van der Waals surface area contributed by atoms with E-state index in [0.29, 0.717) is 54.0 Å². The summed E-state index contributed by atoms with van der Waals surface area (Å²) >= 11 is 6.36. The Morgan fingerprint density at radius 2 is 1.81 bits per heavy atom. The molecule has 9 heteroatoms. The molecule has 0 bridgehead atoms. The first kappa shape index (κ1) is 24.5. The summed E-state index contributed by atoms with van der Waals surface area (Å²) < 4.78 is 12.7. The molecule has 0 saturated carbocycles. The summed E-state index contributed by atoms with van der Waals surface area (Å²) in [5.74, 6) is 0.714. The summed E-state index contributed by atoms with van der Waals surface area (Å²) in [7, 11) is 0. The lowest BCUT2D eigenvalue weighted by Gasteiger charge is -2.27. The van der Waals surface area contributed by atoms with Gasteiger partial charge < -0.3 is 19.7 Å². The molecule has 1 fully saturated rings. The Hall–Kier alpha value is -4.14. The summed E-state index contributed by atoms with van der Waals surface area (Å²) in [5, 5.41) is 7.87. The maximum Gasteiger partial charge on any atom is 0.299 e. The summed E-state index contributed by atoms with van der Waals surface area (Å²) in [4.78, 5) is 28.5. The second-order valence-corrected chi connectivity index (χ2v) is 8.99. The third-order valence-electron chi connectivity index (χ3n) is 5.92. The Kier molecular flexibility index (Phi) is 7.20. The molecule has 1 aliphatic rings. The molecule has 188 valence electrons. The van der Waals surface area contributed by atoms with Gasteiger partial charge in [0.15, 0.2) is 11.4 Å². The van der Waals surface area contributed by atoms with Gasteiger partial charge in [-0.3, -0.25) is 9.59 Å². The SMILES string of the molecule is Cc1cccc(Oc2cnn(-c3ccccc3Cl)c(=O)c2Nc2cccc(C(=O)N3CCOCC3)c2)c1. The first-order chi connectivity index (χ1) is 18.0. The van der Waals surface area contributed by atoms with Gasteiger partial charge >= 0.3 is 0 Å². The van der Waals surface area contributed by atoms with Gasteiger partial charge in [0, 0.05) is 24.3 Å². The van der Waals surface area contributed by atoms with Gasteiger partial charge in [-0.05, 0) is 55.0 Å². The van der Waals surface area contributed by atoms with Gasteiger partial charge in [-0.1, -0.05) is 41.9 Å². The molecule has 5 rings (SSSR count).